The number of urea groups is 1. The van der Waals surface area contributed by atoms with Crippen LogP contribution in [-0.4, -0.2) is 48.8 Å². The summed E-state index contributed by atoms with van der Waals surface area (Å²) in [5.41, 5.74) is 1.07. The van der Waals surface area contributed by atoms with Crippen molar-refractivity contribution >= 4 is 27.6 Å². The second-order valence-corrected chi connectivity index (χ2v) is 7.72. The van der Waals surface area contributed by atoms with Crippen LogP contribution in [0.4, 0.5) is 4.79 Å². The van der Waals surface area contributed by atoms with E-state index in [2.05, 4.69) is 16.4 Å². The summed E-state index contributed by atoms with van der Waals surface area (Å²) in [5, 5.41) is 4.14. The molecule has 2 amide bonds. The van der Waals surface area contributed by atoms with Gasteiger partial charge in [0.25, 0.3) is 0 Å². The number of carbonyl (C=O) groups excluding carboxylic acids is 1. The normalized spacial score (nSPS) is 17.1. The number of nitrogens with zero attached hydrogens (tertiary/aromatic N) is 2. The maximum atomic E-state index is 12.1. The van der Waals surface area contributed by atoms with Crippen molar-refractivity contribution in [2.24, 2.45) is 0 Å². The summed E-state index contributed by atoms with van der Waals surface area (Å²) >= 11 is 1.74. The number of fused-ring (bicyclic) bond motifs is 1. The third-order valence-electron chi connectivity index (χ3n) is 4.57. The van der Waals surface area contributed by atoms with E-state index in [-0.39, 0.29) is 6.03 Å². The fourth-order valence-electron chi connectivity index (χ4n) is 3.13. The minimum Gasteiger partial charge on any atom is -0.378 e. The number of amides is 2. The van der Waals surface area contributed by atoms with E-state index in [0.717, 1.165) is 49.4 Å². The molecule has 0 aliphatic carbocycles. The van der Waals surface area contributed by atoms with Crippen LogP contribution in [0.15, 0.2) is 24.3 Å². The summed E-state index contributed by atoms with van der Waals surface area (Å²) < 4.78 is 6.84. The maximum Gasteiger partial charge on any atom is 0.317 e. The Morgan fingerprint density at radius 2 is 2.28 bits per heavy atom. The SMILES string of the molecule is CN(CCCC1CCCO1)C(=O)NCCCc1nc2ccccc2s1. The number of thiazole rings is 1. The van der Waals surface area contributed by atoms with E-state index in [1.165, 1.54) is 17.5 Å². The van der Waals surface area contributed by atoms with Crippen LogP contribution in [0.5, 0.6) is 0 Å². The molecule has 6 heteroatoms. The molecule has 25 heavy (non-hydrogen) atoms. The molecular weight excluding hydrogens is 334 g/mol. The van der Waals surface area contributed by atoms with Gasteiger partial charge in [-0.1, -0.05) is 12.1 Å². The van der Waals surface area contributed by atoms with Gasteiger partial charge < -0.3 is 15.0 Å². The molecule has 0 bridgehead atoms. The summed E-state index contributed by atoms with van der Waals surface area (Å²) in [5.74, 6) is 0. The molecule has 2 aromatic rings. The Kier molecular flexibility index (Phi) is 6.64. The van der Waals surface area contributed by atoms with Crippen LogP contribution in [0.2, 0.25) is 0 Å². The highest BCUT2D eigenvalue weighted by molar-refractivity contribution is 7.18. The molecule has 5 nitrogen and oxygen atoms in total. The third kappa shape index (κ3) is 5.41. The molecule has 3 rings (SSSR count). The number of aromatic nitrogens is 1. The lowest BCUT2D eigenvalue weighted by Crippen LogP contribution is -2.38. The van der Waals surface area contributed by atoms with Gasteiger partial charge in [-0.25, -0.2) is 9.78 Å². The molecule has 1 aliphatic rings. The quantitative estimate of drug-likeness (QED) is 0.727. The summed E-state index contributed by atoms with van der Waals surface area (Å²) in [6.07, 6.45) is 6.62. The molecule has 1 aromatic carbocycles. The highest BCUT2D eigenvalue weighted by Crippen LogP contribution is 2.22. The molecule has 1 fully saturated rings. The largest absolute Gasteiger partial charge is 0.378 e. The van der Waals surface area contributed by atoms with Gasteiger partial charge in [0, 0.05) is 33.2 Å². The minimum absolute atomic E-state index is 0.0108. The molecule has 0 radical (unpaired) electrons. The second-order valence-electron chi connectivity index (χ2n) is 6.61. The maximum absolute atomic E-state index is 12.1. The number of ether oxygens (including phenoxy) is 1. The monoisotopic (exact) mass is 361 g/mol. The van der Waals surface area contributed by atoms with Gasteiger partial charge in [0.05, 0.1) is 21.3 Å². The number of hydrogen-bond donors (Lipinski definition) is 1. The first kappa shape index (κ1) is 18.1. The third-order valence-corrected chi connectivity index (χ3v) is 5.67. The number of aryl methyl sites for hydroxylation is 1. The number of para-hydroxylation sites is 1. The van der Waals surface area contributed by atoms with Crippen molar-refractivity contribution in [3.63, 3.8) is 0 Å². The Bertz CT molecular complexity index is 649. The van der Waals surface area contributed by atoms with Crippen LogP contribution in [-0.2, 0) is 11.2 Å². The van der Waals surface area contributed by atoms with Crippen molar-refractivity contribution < 1.29 is 9.53 Å². The van der Waals surface area contributed by atoms with Crippen molar-refractivity contribution in [3.8, 4) is 0 Å². The first-order chi connectivity index (χ1) is 12.2. The van der Waals surface area contributed by atoms with Crippen LogP contribution >= 0.6 is 11.3 Å². The first-order valence-electron chi connectivity index (χ1n) is 9.17. The summed E-state index contributed by atoms with van der Waals surface area (Å²) in [6.45, 7) is 2.37. The van der Waals surface area contributed by atoms with Gasteiger partial charge in [0.15, 0.2) is 0 Å². The van der Waals surface area contributed by atoms with E-state index in [4.69, 9.17) is 4.74 Å². The van der Waals surface area contributed by atoms with Crippen molar-refractivity contribution in [1.82, 2.24) is 15.2 Å². The van der Waals surface area contributed by atoms with Gasteiger partial charge in [-0.3, -0.25) is 0 Å². The van der Waals surface area contributed by atoms with E-state index in [1.807, 2.05) is 25.2 Å². The predicted octanol–water partition coefficient (Wildman–Crippen LogP) is 3.83. The fraction of sp³-hybridized carbons (Fsp3) is 0.579. The lowest BCUT2D eigenvalue weighted by atomic mass is 10.1. The molecule has 136 valence electrons. The fourth-order valence-corrected chi connectivity index (χ4v) is 4.14. The average molecular weight is 362 g/mol. The standard InChI is InChI=1S/C19H27N3O2S/c1-22(13-5-7-15-8-6-14-24-15)19(23)20-12-4-11-18-21-16-9-2-3-10-17(16)25-18/h2-3,9-10,15H,4-8,11-14H2,1H3,(H,20,23). The van der Waals surface area contributed by atoms with Crippen molar-refractivity contribution in [3.05, 3.63) is 29.3 Å². The van der Waals surface area contributed by atoms with Gasteiger partial charge in [-0.2, -0.15) is 0 Å². The Labute approximate surface area is 153 Å². The van der Waals surface area contributed by atoms with Crippen LogP contribution in [0.25, 0.3) is 10.2 Å². The van der Waals surface area contributed by atoms with E-state index < -0.39 is 0 Å². The molecule has 1 aliphatic heterocycles. The zero-order valence-corrected chi connectivity index (χ0v) is 15.7. The molecular formula is C19H27N3O2S. The van der Waals surface area contributed by atoms with Gasteiger partial charge in [-0.15, -0.1) is 11.3 Å². The topological polar surface area (TPSA) is 54.5 Å². The molecule has 1 N–H and O–H groups in total. The Balaban J connectivity index is 1.30. The van der Waals surface area contributed by atoms with Gasteiger partial charge >= 0.3 is 6.03 Å². The summed E-state index contributed by atoms with van der Waals surface area (Å²) in [7, 11) is 1.86. The molecule has 0 saturated carbocycles. The summed E-state index contributed by atoms with van der Waals surface area (Å²) in [6, 6.07) is 8.21. The molecule has 1 unspecified atom stereocenters. The predicted molar refractivity (Wildman–Crippen MR) is 102 cm³/mol. The van der Waals surface area contributed by atoms with Crippen LogP contribution in [0.1, 0.15) is 37.1 Å². The van der Waals surface area contributed by atoms with Crippen molar-refractivity contribution in [1.29, 1.82) is 0 Å². The second kappa shape index (κ2) is 9.15. The minimum atomic E-state index is 0.0108. The highest BCUT2D eigenvalue weighted by atomic mass is 32.1. The number of benzene rings is 1. The molecule has 1 aromatic heterocycles. The molecule has 0 spiro atoms. The highest BCUT2D eigenvalue weighted by Gasteiger charge is 2.15. The van der Waals surface area contributed by atoms with E-state index in [9.17, 15) is 4.79 Å². The van der Waals surface area contributed by atoms with Crippen LogP contribution in [0, 0.1) is 0 Å². The van der Waals surface area contributed by atoms with Gasteiger partial charge in [0.2, 0.25) is 0 Å². The van der Waals surface area contributed by atoms with Crippen molar-refractivity contribution in [2.75, 3.05) is 26.7 Å². The lowest BCUT2D eigenvalue weighted by Gasteiger charge is -2.18. The summed E-state index contributed by atoms with van der Waals surface area (Å²) in [4.78, 5) is 18.5. The lowest BCUT2D eigenvalue weighted by molar-refractivity contribution is 0.100. The smallest absolute Gasteiger partial charge is 0.317 e. The number of nitrogens with one attached hydrogen (secondary N) is 1. The van der Waals surface area contributed by atoms with Crippen LogP contribution in [0.3, 0.4) is 0 Å². The van der Waals surface area contributed by atoms with E-state index in [1.54, 1.807) is 16.2 Å². The Morgan fingerprint density at radius 1 is 1.40 bits per heavy atom. The van der Waals surface area contributed by atoms with E-state index in [0.29, 0.717) is 12.6 Å². The van der Waals surface area contributed by atoms with Crippen LogP contribution < -0.4 is 5.32 Å². The average Bonchev–Trinajstić information content (AvgIpc) is 3.27. The Hall–Kier alpha value is -1.66. The zero-order valence-electron chi connectivity index (χ0n) is 14.9. The molecule has 2 heterocycles. The molecule has 1 saturated heterocycles. The number of hydrogen-bond acceptors (Lipinski definition) is 4. The number of rotatable bonds is 8. The van der Waals surface area contributed by atoms with Gasteiger partial charge in [-0.05, 0) is 44.2 Å². The first-order valence-corrected chi connectivity index (χ1v) is 9.99. The Morgan fingerprint density at radius 3 is 3.08 bits per heavy atom. The van der Waals surface area contributed by atoms with E-state index >= 15 is 0 Å². The molecule has 1 atom stereocenters. The zero-order chi connectivity index (χ0) is 17.5. The van der Waals surface area contributed by atoms with Gasteiger partial charge in [0.1, 0.15) is 0 Å². The number of carbonyl (C=O) groups is 1. The van der Waals surface area contributed by atoms with Crippen molar-refractivity contribution in [2.45, 2.75) is 44.6 Å².